The lowest BCUT2D eigenvalue weighted by Crippen LogP contribution is -2.58. The molecule has 3 rings (SSSR count). The van der Waals surface area contributed by atoms with E-state index in [2.05, 4.69) is 55.6 Å². The van der Waals surface area contributed by atoms with Gasteiger partial charge in [0.15, 0.2) is 0 Å². The lowest BCUT2D eigenvalue weighted by Gasteiger charge is -2.48. The van der Waals surface area contributed by atoms with Crippen molar-refractivity contribution in [2.24, 2.45) is 4.99 Å². The Kier molecular flexibility index (Phi) is 4.38. The van der Waals surface area contributed by atoms with Crippen LogP contribution in [0.4, 0.5) is 10.5 Å². The van der Waals surface area contributed by atoms with Gasteiger partial charge in [-0.25, -0.2) is 4.79 Å². The van der Waals surface area contributed by atoms with Crippen molar-refractivity contribution in [3.8, 4) is 0 Å². The topological polar surface area (TPSA) is 56.7 Å². The molecule has 5 heteroatoms. The molecule has 2 N–H and O–H groups in total. The molecule has 1 saturated heterocycles. The predicted octanol–water partition coefficient (Wildman–Crippen LogP) is 3.01. The van der Waals surface area contributed by atoms with Crippen LogP contribution >= 0.6 is 0 Å². The van der Waals surface area contributed by atoms with E-state index in [-0.39, 0.29) is 17.1 Å². The van der Waals surface area contributed by atoms with E-state index in [0.29, 0.717) is 0 Å². The number of aryl methyl sites for hydroxylation is 1. The van der Waals surface area contributed by atoms with Crippen LogP contribution in [0.2, 0.25) is 0 Å². The standard InChI is InChI=1S/C19H28N4O/c1-14-7-5-6-8-16(14)21-15(2)19(23(3)4)11-9-18(10-12-19)13-20-17(24)22-18/h5-8H,9-13H2,1-4H3,(H2,20,22,24). The lowest BCUT2D eigenvalue weighted by atomic mass is 9.70. The van der Waals surface area contributed by atoms with E-state index in [9.17, 15) is 4.79 Å². The van der Waals surface area contributed by atoms with Crippen LogP contribution in [0.1, 0.15) is 38.2 Å². The van der Waals surface area contributed by atoms with Crippen LogP contribution in [0, 0.1) is 6.92 Å². The summed E-state index contributed by atoms with van der Waals surface area (Å²) in [6.07, 6.45) is 3.96. The van der Waals surface area contributed by atoms with Gasteiger partial charge in [-0.15, -0.1) is 0 Å². The molecule has 0 aromatic heterocycles. The third kappa shape index (κ3) is 2.93. The Hall–Kier alpha value is -1.88. The highest BCUT2D eigenvalue weighted by Crippen LogP contribution is 2.40. The highest BCUT2D eigenvalue weighted by atomic mass is 16.2. The first-order chi connectivity index (χ1) is 11.4. The van der Waals surface area contributed by atoms with Crippen LogP contribution in [-0.2, 0) is 0 Å². The Labute approximate surface area is 144 Å². The molecule has 0 radical (unpaired) electrons. The molecular formula is C19H28N4O. The first-order valence-electron chi connectivity index (χ1n) is 8.72. The average molecular weight is 328 g/mol. The number of hydrogen-bond donors (Lipinski definition) is 2. The van der Waals surface area contributed by atoms with Crippen molar-refractivity contribution in [1.82, 2.24) is 15.5 Å². The number of urea groups is 1. The first kappa shape index (κ1) is 17.0. The summed E-state index contributed by atoms with van der Waals surface area (Å²) in [5, 5.41) is 6.05. The van der Waals surface area contributed by atoms with Gasteiger partial charge in [-0.05, 0) is 65.3 Å². The number of rotatable bonds is 3. The van der Waals surface area contributed by atoms with E-state index in [0.717, 1.165) is 43.6 Å². The van der Waals surface area contributed by atoms with Crippen molar-refractivity contribution in [3.05, 3.63) is 29.8 Å². The van der Waals surface area contributed by atoms with Gasteiger partial charge in [0, 0.05) is 12.3 Å². The summed E-state index contributed by atoms with van der Waals surface area (Å²) in [5.41, 5.74) is 3.30. The first-order valence-corrected chi connectivity index (χ1v) is 8.72. The smallest absolute Gasteiger partial charge is 0.315 e. The highest BCUT2D eigenvalue weighted by molar-refractivity contribution is 5.94. The predicted molar refractivity (Wildman–Crippen MR) is 98.1 cm³/mol. The molecule has 1 aromatic carbocycles. The minimum absolute atomic E-state index is 0.0300. The molecule has 1 spiro atoms. The zero-order valence-corrected chi connectivity index (χ0v) is 15.1. The molecule has 1 saturated carbocycles. The third-order valence-electron chi connectivity index (χ3n) is 5.93. The Bertz CT molecular complexity index is 657. The Morgan fingerprint density at radius 1 is 1.17 bits per heavy atom. The second-order valence-electron chi connectivity index (χ2n) is 7.50. The van der Waals surface area contributed by atoms with Gasteiger partial charge in [-0.1, -0.05) is 18.2 Å². The number of nitrogens with zero attached hydrogens (tertiary/aromatic N) is 2. The fraction of sp³-hybridized carbons (Fsp3) is 0.579. The summed E-state index contributed by atoms with van der Waals surface area (Å²) < 4.78 is 0. The third-order valence-corrected chi connectivity index (χ3v) is 5.93. The zero-order chi connectivity index (χ0) is 17.4. The minimum Gasteiger partial charge on any atom is -0.336 e. The molecule has 1 aliphatic heterocycles. The van der Waals surface area contributed by atoms with Crippen molar-refractivity contribution in [1.29, 1.82) is 0 Å². The van der Waals surface area contributed by atoms with Crippen molar-refractivity contribution >= 4 is 17.4 Å². The monoisotopic (exact) mass is 328 g/mol. The Morgan fingerprint density at radius 3 is 2.38 bits per heavy atom. The molecule has 1 aliphatic carbocycles. The quantitative estimate of drug-likeness (QED) is 0.838. The number of nitrogens with one attached hydrogen (secondary N) is 2. The highest BCUT2D eigenvalue weighted by Gasteiger charge is 2.48. The van der Waals surface area contributed by atoms with E-state index >= 15 is 0 Å². The second kappa shape index (κ2) is 6.20. The van der Waals surface area contributed by atoms with Crippen LogP contribution < -0.4 is 10.6 Å². The molecule has 2 aliphatic rings. The van der Waals surface area contributed by atoms with Crippen molar-refractivity contribution in [2.75, 3.05) is 20.6 Å². The molecule has 0 unspecified atom stereocenters. The molecule has 24 heavy (non-hydrogen) atoms. The average Bonchev–Trinajstić information content (AvgIpc) is 2.91. The summed E-state index contributed by atoms with van der Waals surface area (Å²) in [6, 6.07) is 8.23. The maximum atomic E-state index is 11.6. The Balaban J connectivity index is 1.85. The molecule has 2 fully saturated rings. The van der Waals surface area contributed by atoms with E-state index in [1.165, 1.54) is 5.56 Å². The van der Waals surface area contributed by atoms with Gasteiger partial charge in [-0.2, -0.15) is 0 Å². The molecular weight excluding hydrogens is 300 g/mol. The maximum absolute atomic E-state index is 11.6. The largest absolute Gasteiger partial charge is 0.336 e. The fourth-order valence-corrected chi connectivity index (χ4v) is 4.13. The minimum atomic E-state index is -0.0699. The van der Waals surface area contributed by atoms with Crippen molar-refractivity contribution < 1.29 is 4.79 Å². The summed E-state index contributed by atoms with van der Waals surface area (Å²) in [7, 11) is 4.28. The van der Waals surface area contributed by atoms with Crippen LogP contribution in [0.3, 0.4) is 0 Å². The number of amides is 2. The number of hydrogen-bond acceptors (Lipinski definition) is 3. The number of carbonyl (C=O) groups excluding carboxylic acids is 1. The van der Waals surface area contributed by atoms with Gasteiger partial charge in [0.25, 0.3) is 0 Å². The number of aliphatic imine (C=N–C) groups is 1. The van der Waals surface area contributed by atoms with Gasteiger partial charge in [0.2, 0.25) is 0 Å². The van der Waals surface area contributed by atoms with Gasteiger partial charge in [0.1, 0.15) is 0 Å². The molecule has 1 heterocycles. The molecule has 5 nitrogen and oxygen atoms in total. The summed E-state index contributed by atoms with van der Waals surface area (Å²) in [5.74, 6) is 0. The van der Waals surface area contributed by atoms with E-state index in [1.807, 2.05) is 12.1 Å². The van der Waals surface area contributed by atoms with Crippen LogP contribution in [0.5, 0.6) is 0 Å². The van der Waals surface area contributed by atoms with E-state index in [1.54, 1.807) is 0 Å². The fourth-order valence-electron chi connectivity index (χ4n) is 4.13. The molecule has 0 atom stereocenters. The molecule has 130 valence electrons. The van der Waals surface area contributed by atoms with Gasteiger partial charge in [-0.3, -0.25) is 9.89 Å². The van der Waals surface area contributed by atoms with E-state index in [4.69, 9.17) is 4.99 Å². The molecule has 1 aromatic rings. The van der Waals surface area contributed by atoms with Crippen LogP contribution in [0.25, 0.3) is 0 Å². The van der Waals surface area contributed by atoms with Crippen LogP contribution in [-0.4, -0.2) is 48.4 Å². The maximum Gasteiger partial charge on any atom is 0.315 e. The van der Waals surface area contributed by atoms with Crippen molar-refractivity contribution in [2.45, 2.75) is 50.6 Å². The van der Waals surface area contributed by atoms with Gasteiger partial charge >= 0.3 is 6.03 Å². The van der Waals surface area contributed by atoms with E-state index < -0.39 is 0 Å². The lowest BCUT2D eigenvalue weighted by molar-refractivity contribution is 0.124. The number of para-hydroxylation sites is 1. The molecule has 2 amide bonds. The number of benzene rings is 1. The summed E-state index contributed by atoms with van der Waals surface area (Å²) >= 11 is 0. The van der Waals surface area contributed by atoms with Crippen LogP contribution in [0.15, 0.2) is 29.3 Å². The summed E-state index contributed by atoms with van der Waals surface area (Å²) in [6.45, 7) is 4.99. The molecule has 0 bridgehead atoms. The van der Waals surface area contributed by atoms with Gasteiger partial charge in [0.05, 0.1) is 16.8 Å². The van der Waals surface area contributed by atoms with Gasteiger partial charge < -0.3 is 10.6 Å². The second-order valence-corrected chi connectivity index (χ2v) is 7.50. The Morgan fingerprint density at radius 2 is 1.83 bits per heavy atom. The zero-order valence-electron chi connectivity index (χ0n) is 15.1. The number of carbonyl (C=O) groups is 1. The SMILES string of the molecule is CC(=Nc1ccccc1C)C1(N(C)C)CCC2(CC1)CNC(=O)N2. The van der Waals surface area contributed by atoms with Crippen molar-refractivity contribution in [3.63, 3.8) is 0 Å². The normalized spacial score (nSPS) is 30.5. The summed E-state index contributed by atoms with van der Waals surface area (Å²) in [4.78, 5) is 18.9.